The van der Waals surface area contributed by atoms with Gasteiger partial charge >= 0.3 is 0 Å². The largest absolute Gasteiger partial charge is 0.507 e. The Balaban J connectivity index is 2.20. The average molecular weight is 343 g/mol. The standard InChI is InChI=1S/C13H9BrClNO3/c14-9-3-1-7(5-11(9)17)13(19)16-8-2-4-10(15)12(18)6-8/h1-6,17-18H,(H,16,19). The fourth-order valence-corrected chi connectivity index (χ4v) is 1.81. The van der Waals surface area contributed by atoms with Crippen LogP contribution in [0.4, 0.5) is 5.69 Å². The third-order valence-corrected chi connectivity index (χ3v) is 3.40. The van der Waals surface area contributed by atoms with Gasteiger partial charge in [-0.05, 0) is 46.3 Å². The Morgan fingerprint density at radius 1 is 1.11 bits per heavy atom. The molecule has 2 aromatic carbocycles. The first-order valence-corrected chi connectivity index (χ1v) is 6.43. The predicted octanol–water partition coefficient (Wildman–Crippen LogP) is 3.77. The van der Waals surface area contributed by atoms with Gasteiger partial charge < -0.3 is 15.5 Å². The number of hydrogen-bond acceptors (Lipinski definition) is 3. The predicted molar refractivity (Wildman–Crippen MR) is 76.9 cm³/mol. The second kappa shape index (κ2) is 5.50. The van der Waals surface area contributed by atoms with E-state index in [0.717, 1.165) is 0 Å². The quantitative estimate of drug-likeness (QED) is 0.778. The Bertz CT molecular complexity index is 646. The Labute approximate surface area is 122 Å². The van der Waals surface area contributed by atoms with Crippen LogP contribution in [0.15, 0.2) is 40.9 Å². The van der Waals surface area contributed by atoms with E-state index in [0.29, 0.717) is 15.7 Å². The molecule has 3 N–H and O–H groups in total. The van der Waals surface area contributed by atoms with Gasteiger partial charge in [-0.2, -0.15) is 0 Å². The smallest absolute Gasteiger partial charge is 0.255 e. The van der Waals surface area contributed by atoms with Crippen molar-refractivity contribution in [3.05, 3.63) is 51.5 Å². The van der Waals surface area contributed by atoms with Gasteiger partial charge in [0.05, 0.1) is 9.50 Å². The number of amides is 1. The molecule has 98 valence electrons. The van der Waals surface area contributed by atoms with E-state index in [2.05, 4.69) is 21.2 Å². The van der Waals surface area contributed by atoms with Crippen LogP contribution in [0.2, 0.25) is 5.02 Å². The Morgan fingerprint density at radius 2 is 1.84 bits per heavy atom. The molecule has 1 amide bonds. The van der Waals surface area contributed by atoms with Crippen LogP contribution in [0.3, 0.4) is 0 Å². The van der Waals surface area contributed by atoms with E-state index in [-0.39, 0.29) is 16.5 Å². The minimum absolute atomic E-state index is 0.0217. The first-order valence-electron chi connectivity index (χ1n) is 5.26. The number of hydrogen-bond donors (Lipinski definition) is 3. The van der Waals surface area contributed by atoms with Gasteiger partial charge in [0, 0.05) is 17.3 Å². The van der Waals surface area contributed by atoms with E-state index in [1.807, 2.05) is 0 Å². The van der Waals surface area contributed by atoms with Crippen molar-refractivity contribution in [2.75, 3.05) is 5.32 Å². The van der Waals surface area contributed by atoms with Crippen LogP contribution >= 0.6 is 27.5 Å². The third kappa shape index (κ3) is 3.19. The molecule has 0 heterocycles. The van der Waals surface area contributed by atoms with E-state index in [4.69, 9.17) is 11.6 Å². The fourth-order valence-electron chi connectivity index (χ4n) is 1.45. The lowest BCUT2D eigenvalue weighted by molar-refractivity contribution is 0.102. The van der Waals surface area contributed by atoms with Crippen molar-refractivity contribution in [2.24, 2.45) is 0 Å². The molecule has 0 saturated carbocycles. The monoisotopic (exact) mass is 341 g/mol. The van der Waals surface area contributed by atoms with Gasteiger partial charge in [-0.15, -0.1) is 0 Å². The van der Waals surface area contributed by atoms with Gasteiger partial charge in [-0.1, -0.05) is 11.6 Å². The summed E-state index contributed by atoms with van der Waals surface area (Å²) in [7, 11) is 0. The summed E-state index contributed by atoms with van der Waals surface area (Å²) in [6.45, 7) is 0. The number of nitrogens with one attached hydrogen (secondary N) is 1. The fraction of sp³-hybridized carbons (Fsp3) is 0. The normalized spacial score (nSPS) is 10.2. The van der Waals surface area contributed by atoms with Crippen LogP contribution in [0.5, 0.6) is 11.5 Å². The minimum atomic E-state index is -0.399. The molecule has 2 aromatic rings. The Morgan fingerprint density at radius 3 is 2.47 bits per heavy atom. The number of carbonyl (C=O) groups excluding carboxylic acids is 1. The number of anilines is 1. The summed E-state index contributed by atoms with van der Waals surface area (Å²) < 4.78 is 0.508. The molecule has 0 aliphatic carbocycles. The molecule has 0 atom stereocenters. The summed E-state index contributed by atoms with van der Waals surface area (Å²) in [5.41, 5.74) is 0.712. The number of carbonyl (C=O) groups is 1. The molecule has 4 nitrogen and oxygen atoms in total. The van der Waals surface area contributed by atoms with Gasteiger partial charge in [0.15, 0.2) is 0 Å². The molecule has 0 aliphatic heterocycles. The summed E-state index contributed by atoms with van der Waals surface area (Å²) in [6, 6.07) is 8.87. The summed E-state index contributed by atoms with van der Waals surface area (Å²) in [4.78, 5) is 11.9. The van der Waals surface area contributed by atoms with Crippen molar-refractivity contribution in [3.63, 3.8) is 0 Å². The highest BCUT2D eigenvalue weighted by Crippen LogP contribution is 2.27. The third-order valence-electron chi connectivity index (χ3n) is 2.41. The first kappa shape index (κ1) is 13.7. The average Bonchev–Trinajstić information content (AvgIpc) is 2.37. The van der Waals surface area contributed by atoms with Gasteiger partial charge in [0.25, 0.3) is 5.91 Å². The van der Waals surface area contributed by atoms with Crippen molar-refractivity contribution in [2.45, 2.75) is 0 Å². The number of halogens is 2. The molecule has 0 fully saturated rings. The number of benzene rings is 2. The highest BCUT2D eigenvalue weighted by molar-refractivity contribution is 9.10. The van der Waals surface area contributed by atoms with E-state index in [1.165, 1.54) is 18.2 Å². The van der Waals surface area contributed by atoms with Crippen LogP contribution in [0, 0.1) is 0 Å². The number of rotatable bonds is 2. The number of phenolic OH excluding ortho intramolecular Hbond substituents is 2. The topological polar surface area (TPSA) is 69.6 Å². The summed E-state index contributed by atoms with van der Waals surface area (Å²) in [5, 5.41) is 21.7. The van der Waals surface area contributed by atoms with Gasteiger partial charge in [-0.25, -0.2) is 0 Å². The van der Waals surface area contributed by atoms with Crippen molar-refractivity contribution >= 4 is 39.1 Å². The van der Waals surface area contributed by atoms with Crippen molar-refractivity contribution in [1.29, 1.82) is 0 Å². The van der Waals surface area contributed by atoms with E-state index < -0.39 is 5.91 Å². The van der Waals surface area contributed by atoms with Crippen LogP contribution in [0.1, 0.15) is 10.4 Å². The SMILES string of the molecule is O=C(Nc1ccc(Cl)c(O)c1)c1ccc(Br)c(O)c1. The van der Waals surface area contributed by atoms with E-state index >= 15 is 0 Å². The van der Waals surface area contributed by atoms with Crippen molar-refractivity contribution < 1.29 is 15.0 Å². The van der Waals surface area contributed by atoms with E-state index in [9.17, 15) is 15.0 Å². The molecule has 0 aromatic heterocycles. The second-order valence-electron chi connectivity index (χ2n) is 3.79. The van der Waals surface area contributed by atoms with Gasteiger partial charge in [-0.3, -0.25) is 4.79 Å². The zero-order valence-electron chi connectivity index (χ0n) is 9.52. The molecule has 0 spiro atoms. The minimum Gasteiger partial charge on any atom is -0.507 e. The summed E-state index contributed by atoms with van der Waals surface area (Å²) in [6.07, 6.45) is 0. The highest BCUT2D eigenvalue weighted by Gasteiger charge is 2.09. The first-order chi connectivity index (χ1) is 8.97. The maximum absolute atomic E-state index is 11.9. The maximum atomic E-state index is 11.9. The zero-order chi connectivity index (χ0) is 14.0. The molecule has 0 unspecified atom stereocenters. The molecule has 2 rings (SSSR count). The van der Waals surface area contributed by atoms with E-state index in [1.54, 1.807) is 18.2 Å². The molecular formula is C13H9BrClNO3. The number of phenols is 2. The Hall–Kier alpha value is -1.72. The zero-order valence-corrected chi connectivity index (χ0v) is 11.9. The van der Waals surface area contributed by atoms with Gasteiger partial charge in [0.2, 0.25) is 0 Å². The lowest BCUT2D eigenvalue weighted by Gasteiger charge is -2.07. The number of aromatic hydroxyl groups is 2. The molecule has 0 radical (unpaired) electrons. The van der Waals surface area contributed by atoms with Crippen LogP contribution in [-0.4, -0.2) is 16.1 Å². The van der Waals surface area contributed by atoms with Gasteiger partial charge in [0.1, 0.15) is 11.5 Å². The molecule has 0 saturated heterocycles. The molecule has 0 aliphatic rings. The highest BCUT2D eigenvalue weighted by atomic mass is 79.9. The van der Waals surface area contributed by atoms with Crippen molar-refractivity contribution in [1.82, 2.24) is 0 Å². The van der Waals surface area contributed by atoms with Crippen LogP contribution < -0.4 is 5.32 Å². The lowest BCUT2D eigenvalue weighted by atomic mass is 10.2. The van der Waals surface area contributed by atoms with Crippen LogP contribution in [-0.2, 0) is 0 Å². The Kier molecular flexibility index (Phi) is 3.97. The molecule has 19 heavy (non-hydrogen) atoms. The summed E-state index contributed by atoms with van der Waals surface area (Å²) in [5.74, 6) is -0.533. The molecule has 0 bridgehead atoms. The molecule has 6 heteroatoms. The molecular weight excluding hydrogens is 334 g/mol. The second-order valence-corrected chi connectivity index (χ2v) is 5.05. The summed E-state index contributed by atoms with van der Waals surface area (Å²) >= 11 is 8.80. The lowest BCUT2D eigenvalue weighted by Crippen LogP contribution is -2.11. The van der Waals surface area contributed by atoms with Crippen molar-refractivity contribution in [3.8, 4) is 11.5 Å². The maximum Gasteiger partial charge on any atom is 0.255 e. The van der Waals surface area contributed by atoms with Crippen LogP contribution in [0.25, 0.3) is 0 Å².